The highest BCUT2D eigenvalue weighted by molar-refractivity contribution is 7.80. The first kappa shape index (κ1) is 15.0. The third kappa shape index (κ3) is 3.64. The van der Waals surface area contributed by atoms with Gasteiger partial charge in [0.05, 0.1) is 6.54 Å². The molecule has 0 saturated carbocycles. The van der Waals surface area contributed by atoms with Crippen LogP contribution in [0.1, 0.15) is 11.1 Å². The van der Waals surface area contributed by atoms with E-state index in [9.17, 15) is 0 Å². The molecule has 114 valence electrons. The molecule has 0 aromatic heterocycles. The average Bonchev–Trinajstić information content (AvgIpc) is 2.56. The highest BCUT2D eigenvalue weighted by atomic mass is 32.1. The van der Waals surface area contributed by atoms with Gasteiger partial charge in [-0.15, -0.1) is 0 Å². The third-order valence-corrected chi connectivity index (χ3v) is 4.44. The number of rotatable bonds is 4. The van der Waals surface area contributed by atoms with Crippen LogP contribution in [-0.4, -0.2) is 25.0 Å². The van der Waals surface area contributed by atoms with Crippen molar-refractivity contribution >= 4 is 23.0 Å². The van der Waals surface area contributed by atoms with Crippen molar-refractivity contribution in [2.45, 2.75) is 13.3 Å². The van der Waals surface area contributed by atoms with Crippen LogP contribution in [0.2, 0.25) is 0 Å². The van der Waals surface area contributed by atoms with Crippen molar-refractivity contribution < 1.29 is 4.90 Å². The second-order valence-electron chi connectivity index (χ2n) is 5.82. The molecule has 0 radical (unpaired) electrons. The molecule has 1 unspecified atom stereocenters. The molecule has 2 N–H and O–H groups in total. The minimum absolute atomic E-state index is 0.826. The number of hydrogen-bond acceptors (Lipinski definition) is 1. The molecule has 0 amide bonds. The first-order valence-electron chi connectivity index (χ1n) is 7.72. The van der Waals surface area contributed by atoms with E-state index in [1.54, 1.807) is 0 Å². The van der Waals surface area contributed by atoms with Gasteiger partial charge in [-0.05, 0) is 36.8 Å². The predicted molar refractivity (Wildman–Crippen MR) is 95.1 cm³/mol. The van der Waals surface area contributed by atoms with Crippen LogP contribution in [0.5, 0.6) is 0 Å². The number of quaternary nitrogens is 1. The molecule has 1 aliphatic heterocycles. The van der Waals surface area contributed by atoms with Crippen LogP contribution in [0.3, 0.4) is 0 Å². The standard InChI is InChI=1S/C18H21N3S/c1-15-7-9-17(10-8-15)21-14-20(13-19-18(21)22)12-11-16-5-3-2-4-6-16/h2-10H,11-14H2,1H3,(H,19,22)/p+1. The predicted octanol–water partition coefficient (Wildman–Crippen LogP) is 1.73. The molecule has 1 fully saturated rings. The highest BCUT2D eigenvalue weighted by Crippen LogP contribution is 2.14. The molecule has 1 heterocycles. The molecule has 1 aliphatic rings. The Bertz CT molecular complexity index is 625. The summed E-state index contributed by atoms with van der Waals surface area (Å²) in [6, 6.07) is 19.2. The van der Waals surface area contributed by atoms with Crippen molar-refractivity contribution in [3.63, 3.8) is 0 Å². The van der Waals surface area contributed by atoms with Gasteiger partial charge < -0.3 is 10.2 Å². The summed E-state index contributed by atoms with van der Waals surface area (Å²) in [4.78, 5) is 3.69. The maximum atomic E-state index is 5.47. The van der Waals surface area contributed by atoms with Gasteiger partial charge in [0.25, 0.3) is 0 Å². The number of thiocarbonyl (C=S) groups is 1. The van der Waals surface area contributed by atoms with E-state index in [2.05, 4.69) is 71.7 Å². The minimum atomic E-state index is 0.826. The van der Waals surface area contributed by atoms with E-state index in [1.165, 1.54) is 21.7 Å². The fourth-order valence-electron chi connectivity index (χ4n) is 2.71. The first-order chi connectivity index (χ1) is 10.7. The van der Waals surface area contributed by atoms with Gasteiger partial charge >= 0.3 is 0 Å². The average molecular weight is 312 g/mol. The Labute approximate surface area is 137 Å². The molecule has 1 saturated heterocycles. The van der Waals surface area contributed by atoms with E-state index in [0.29, 0.717) is 0 Å². The lowest BCUT2D eigenvalue weighted by molar-refractivity contribution is -0.902. The topological polar surface area (TPSA) is 19.7 Å². The molecule has 22 heavy (non-hydrogen) atoms. The van der Waals surface area contributed by atoms with Gasteiger partial charge in [0.15, 0.2) is 18.4 Å². The van der Waals surface area contributed by atoms with Gasteiger partial charge in [-0.2, -0.15) is 0 Å². The maximum absolute atomic E-state index is 5.47. The minimum Gasteiger partial charge on any atom is -0.315 e. The Hall–Kier alpha value is -1.91. The first-order valence-corrected chi connectivity index (χ1v) is 8.13. The SMILES string of the molecule is Cc1ccc(N2C[NH+](CCc3ccccc3)CNC2=S)cc1. The fraction of sp³-hybridized carbons (Fsp3) is 0.278. The Balaban J connectivity index is 1.63. The van der Waals surface area contributed by atoms with Crippen molar-refractivity contribution in [3.8, 4) is 0 Å². The Morgan fingerprint density at radius 1 is 1.09 bits per heavy atom. The molecule has 3 rings (SSSR count). The number of nitrogens with one attached hydrogen (secondary N) is 2. The molecular formula is C18H22N3S+. The van der Waals surface area contributed by atoms with E-state index in [4.69, 9.17) is 12.2 Å². The smallest absolute Gasteiger partial charge is 0.182 e. The molecule has 3 nitrogen and oxygen atoms in total. The summed E-state index contributed by atoms with van der Waals surface area (Å²) in [7, 11) is 0. The van der Waals surface area contributed by atoms with Crippen molar-refractivity contribution in [3.05, 3.63) is 65.7 Å². The Kier molecular flexibility index (Phi) is 4.71. The van der Waals surface area contributed by atoms with Crippen LogP contribution < -0.4 is 15.1 Å². The molecule has 1 atom stereocenters. The summed E-state index contributed by atoms with van der Waals surface area (Å²) >= 11 is 5.47. The number of anilines is 1. The lowest BCUT2D eigenvalue weighted by Gasteiger charge is -2.35. The van der Waals surface area contributed by atoms with Crippen LogP contribution in [0, 0.1) is 6.92 Å². The van der Waals surface area contributed by atoms with Crippen LogP contribution in [0.4, 0.5) is 5.69 Å². The van der Waals surface area contributed by atoms with E-state index in [0.717, 1.165) is 31.4 Å². The summed E-state index contributed by atoms with van der Waals surface area (Å²) in [5.41, 5.74) is 3.83. The van der Waals surface area contributed by atoms with Gasteiger partial charge in [-0.3, -0.25) is 4.90 Å². The Morgan fingerprint density at radius 2 is 1.82 bits per heavy atom. The third-order valence-electron chi connectivity index (χ3n) is 4.07. The monoisotopic (exact) mass is 312 g/mol. The summed E-state index contributed by atoms with van der Waals surface area (Å²) < 4.78 is 0. The Morgan fingerprint density at radius 3 is 2.55 bits per heavy atom. The summed E-state index contributed by atoms with van der Waals surface area (Å²) in [5, 5.41) is 4.18. The van der Waals surface area contributed by atoms with E-state index >= 15 is 0 Å². The number of hydrogen-bond donors (Lipinski definition) is 2. The van der Waals surface area contributed by atoms with Crippen LogP contribution in [0.15, 0.2) is 54.6 Å². The lowest BCUT2D eigenvalue weighted by Crippen LogP contribution is -3.17. The molecule has 0 bridgehead atoms. The van der Waals surface area contributed by atoms with E-state index in [-0.39, 0.29) is 0 Å². The van der Waals surface area contributed by atoms with Gasteiger partial charge in [0.2, 0.25) is 0 Å². The normalized spacial score (nSPS) is 18.1. The quantitative estimate of drug-likeness (QED) is 0.839. The summed E-state index contributed by atoms with van der Waals surface area (Å²) in [6.07, 6.45) is 1.09. The lowest BCUT2D eigenvalue weighted by atomic mass is 10.1. The molecule has 0 spiro atoms. The van der Waals surface area contributed by atoms with Crippen molar-refractivity contribution in [1.82, 2.24) is 5.32 Å². The molecule has 4 heteroatoms. The zero-order chi connectivity index (χ0) is 15.4. The summed E-state index contributed by atoms with van der Waals surface area (Å²) in [5.74, 6) is 0. The largest absolute Gasteiger partial charge is 0.315 e. The van der Waals surface area contributed by atoms with Gasteiger partial charge in [-0.25, -0.2) is 0 Å². The summed E-state index contributed by atoms with van der Waals surface area (Å²) in [6.45, 7) is 5.02. The van der Waals surface area contributed by atoms with Crippen LogP contribution in [0.25, 0.3) is 0 Å². The van der Waals surface area contributed by atoms with E-state index in [1.807, 2.05) is 0 Å². The molecule has 0 aliphatic carbocycles. The van der Waals surface area contributed by atoms with Gasteiger partial charge in [0.1, 0.15) is 0 Å². The van der Waals surface area contributed by atoms with E-state index < -0.39 is 0 Å². The fourth-order valence-corrected chi connectivity index (χ4v) is 2.96. The maximum Gasteiger partial charge on any atom is 0.182 e. The zero-order valence-corrected chi connectivity index (χ0v) is 13.7. The second-order valence-corrected chi connectivity index (χ2v) is 6.20. The molecular weight excluding hydrogens is 290 g/mol. The van der Waals surface area contributed by atoms with Crippen LogP contribution in [-0.2, 0) is 6.42 Å². The van der Waals surface area contributed by atoms with Crippen molar-refractivity contribution in [1.29, 1.82) is 0 Å². The van der Waals surface area contributed by atoms with Gasteiger partial charge in [-0.1, -0.05) is 48.0 Å². The zero-order valence-electron chi connectivity index (χ0n) is 12.9. The number of nitrogens with zero attached hydrogens (tertiary/aromatic N) is 1. The number of benzene rings is 2. The van der Waals surface area contributed by atoms with Crippen molar-refractivity contribution in [2.24, 2.45) is 0 Å². The number of aryl methyl sites for hydroxylation is 1. The second kappa shape index (κ2) is 6.90. The van der Waals surface area contributed by atoms with Crippen LogP contribution >= 0.6 is 12.2 Å². The molecule has 2 aromatic carbocycles. The molecule has 2 aromatic rings. The highest BCUT2D eigenvalue weighted by Gasteiger charge is 2.24. The van der Waals surface area contributed by atoms with Gasteiger partial charge in [0, 0.05) is 12.1 Å². The van der Waals surface area contributed by atoms with Crippen molar-refractivity contribution in [2.75, 3.05) is 24.8 Å².